The highest BCUT2D eigenvalue weighted by Gasteiger charge is 1.95. The fourth-order valence-electron chi connectivity index (χ4n) is 0.514. The van der Waals surface area contributed by atoms with E-state index in [0.717, 1.165) is 5.57 Å². The third-order valence-corrected chi connectivity index (χ3v) is 1.03. The van der Waals surface area contributed by atoms with Crippen LogP contribution in [-0.2, 0) is 0 Å². The van der Waals surface area contributed by atoms with Crippen LogP contribution >= 0.6 is 0 Å². The maximum atomic E-state index is 8.96. The van der Waals surface area contributed by atoms with E-state index in [1.54, 1.807) is 25.2 Å². The summed E-state index contributed by atoms with van der Waals surface area (Å²) in [5.41, 5.74) is 0.796. The molecule has 0 rings (SSSR count). The van der Waals surface area contributed by atoms with Gasteiger partial charge in [-0.15, -0.1) is 0 Å². The molecule has 1 atom stereocenters. The standard InChI is InChI=1S/C8H12O/c1-4-6-8(5-2)7(3)9/h4-7,9H,1-2H2,3H3/b8-6+. The molecule has 0 aromatic heterocycles. The molecule has 1 N–H and O–H groups in total. The van der Waals surface area contributed by atoms with Gasteiger partial charge in [0.15, 0.2) is 0 Å². The maximum absolute atomic E-state index is 8.96. The monoisotopic (exact) mass is 124 g/mol. The summed E-state index contributed by atoms with van der Waals surface area (Å²) in [5, 5.41) is 8.96. The molecule has 50 valence electrons. The molecule has 1 unspecified atom stereocenters. The number of aliphatic hydroxyl groups is 1. The van der Waals surface area contributed by atoms with E-state index in [1.165, 1.54) is 0 Å². The van der Waals surface area contributed by atoms with Crippen molar-refractivity contribution < 1.29 is 5.11 Å². The van der Waals surface area contributed by atoms with Crippen LogP contribution in [-0.4, -0.2) is 11.2 Å². The summed E-state index contributed by atoms with van der Waals surface area (Å²) in [6.07, 6.45) is 4.54. The average molecular weight is 124 g/mol. The third kappa shape index (κ3) is 2.88. The Balaban J connectivity index is 4.13. The van der Waals surface area contributed by atoms with E-state index in [2.05, 4.69) is 13.2 Å². The Labute approximate surface area is 56.0 Å². The molecule has 0 aliphatic heterocycles. The fourth-order valence-corrected chi connectivity index (χ4v) is 0.514. The second-order valence-electron chi connectivity index (χ2n) is 1.78. The zero-order valence-corrected chi connectivity index (χ0v) is 5.67. The predicted octanol–water partition coefficient (Wildman–Crippen LogP) is 1.67. The van der Waals surface area contributed by atoms with Crippen LogP contribution in [0.25, 0.3) is 0 Å². The first-order chi connectivity index (χ1) is 4.22. The van der Waals surface area contributed by atoms with Crippen LogP contribution in [0.15, 0.2) is 37.0 Å². The van der Waals surface area contributed by atoms with E-state index < -0.39 is 6.10 Å². The Bertz CT molecular complexity index is 132. The molecule has 0 fully saturated rings. The number of aliphatic hydroxyl groups excluding tert-OH is 1. The smallest absolute Gasteiger partial charge is 0.0761 e. The molecular weight excluding hydrogens is 112 g/mol. The van der Waals surface area contributed by atoms with Gasteiger partial charge in [-0.1, -0.05) is 31.4 Å². The first kappa shape index (κ1) is 8.18. The van der Waals surface area contributed by atoms with E-state index in [9.17, 15) is 0 Å². The molecule has 0 saturated heterocycles. The summed E-state index contributed by atoms with van der Waals surface area (Å²) in [4.78, 5) is 0. The lowest BCUT2D eigenvalue weighted by Crippen LogP contribution is -2.00. The summed E-state index contributed by atoms with van der Waals surface area (Å²) in [6.45, 7) is 8.71. The summed E-state index contributed by atoms with van der Waals surface area (Å²) in [6, 6.07) is 0. The quantitative estimate of drug-likeness (QED) is 0.567. The van der Waals surface area contributed by atoms with Crippen LogP contribution in [0.5, 0.6) is 0 Å². The van der Waals surface area contributed by atoms with Crippen molar-refractivity contribution in [1.29, 1.82) is 0 Å². The van der Waals surface area contributed by atoms with Crippen molar-refractivity contribution in [2.45, 2.75) is 13.0 Å². The normalized spacial score (nSPS) is 14.7. The summed E-state index contributed by atoms with van der Waals surface area (Å²) in [7, 11) is 0. The zero-order valence-electron chi connectivity index (χ0n) is 5.67. The van der Waals surface area contributed by atoms with E-state index in [-0.39, 0.29) is 0 Å². The van der Waals surface area contributed by atoms with E-state index in [1.807, 2.05) is 0 Å². The largest absolute Gasteiger partial charge is 0.389 e. The Kier molecular flexibility index (Phi) is 3.72. The second-order valence-corrected chi connectivity index (χ2v) is 1.78. The van der Waals surface area contributed by atoms with Gasteiger partial charge in [-0.2, -0.15) is 0 Å². The van der Waals surface area contributed by atoms with Crippen LogP contribution in [0.2, 0.25) is 0 Å². The minimum Gasteiger partial charge on any atom is -0.389 e. The van der Waals surface area contributed by atoms with Crippen molar-refractivity contribution in [3.63, 3.8) is 0 Å². The molecule has 0 aliphatic rings. The highest BCUT2D eigenvalue weighted by molar-refractivity contribution is 5.23. The molecular formula is C8H12O. The molecule has 0 aliphatic carbocycles. The predicted molar refractivity (Wildman–Crippen MR) is 40.2 cm³/mol. The fraction of sp³-hybridized carbons (Fsp3) is 0.250. The van der Waals surface area contributed by atoms with Gasteiger partial charge in [0.05, 0.1) is 6.10 Å². The van der Waals surface area contributed by atoms with Crippen LogP contribution in [0, 0.1) is 0 Å². The van der Waals surface area contributed by atoms with Gasteiger partial charge in [0.1, 0.15) is 0 Å². The SMILES string of the molecule is C=C/C=C(\C=C)C(C)O. The number of hydrogen-bond acceptors (Lipinski definition) is 1. The molecule has 0 saturated carbocycles. The summed E-state index contributed by atoms with van der Waals surface area (Å²) < 4.78 is 0. The molecule has 0 spiro atoms. The summed E-state index contributed by atoms with van der Waals surface area (Å²) in [5.74, 6) is 0. The van der Waals surface area contributed by atoms with Crippen LogP contribution in [0.1, 0.15) is 6.92 Å². The van der Waals surface area contributed by atoms with Crippen LogP contribution < -0.4 is 0 Å². The molecule has 9 heavy (non-hydrogen) atoms. The van der Waals surface area contributed by atoms with Crippen molar-refractivity contribution in [2.75, 3.05) is 0 Å². The lowest BCUT2D eigenvalue weighted by Gasteiger charge is -2.01. The number of rotatable bonds is 3. The molecule has 0 amide bonds. The van der Waals surface area contributed by atoms with Crippen LogP contribution in [0.3, 0.4) is 0 Å². The first-order valence-electron chi connectivity index (χ1n) is 2.85. The molecule has 0 bridgehead atoms. The molecule has 1 heteroatoms. The molecule has 0 aromatic carbocycles. The van der Waals surface area contributed by atoms with Gasteiger partial charge in [-0.05, 0) is 12.5 Å². The van der Waals surface area contributed by atoms with Gasteiger partial charge in [-0.3, -0.25) is 0 Å². The lowest BCUT2D eigenvalue weighted by atomic mass is 10.1. The first-order valence-corrected chi connectivity index (χ1v) is 2.85. The zero-order chi connectivity index (χ0) is 7.28. The maximum Gasteiger partial charge on any atom is 0.0761 e. The molecule has 0 heterocycles. The van der Waals surface area contributed by atoms with Crippen molar-refractivity contribution >= 4 is 0 Å². The summed E-state index contributed by atoms with van der Waals surface area (Å²) >= 11 is 0. The van der Waals surface area contributed by atoms with Gasteiger partial charge >= 0.3 is 0 Å². The van der Waals surface area contributed by atoms with E-state index >= 15 is 0 Å². The van der Waals surface area contributed by atoms with Gasteiger partial charge in [-0.25, -0.2) is 0 Å². The Hall–Kier alpha value is -0.820. The minimum absolute atomic E-state index is 0.444. The highest BCUT2D eigenvalue weighted by Crippen LogP contribution is 2.01. The van der Waals surface area contributed by atoms with Crippen molar-refractivity contribution in [3.05, 3.63) is 37.0 Å². The topological polar surface area (TPSA) is 20.2 Å². The molecule has 0 radical (unpaired) electrons. The Morgan fingerprint density at radius 1 is 1.56 bits per heavy atom. The van der Waals surface area contributed by atoms with E-state index in [4.69, 9.17) is 5.11 Å². The van der Waals surface area contributed by atoms with Gasteiger partial charge < -0.3 is 5.11 Å². The lowest BCUT2D eigenvalue weighted by molar-refractivity contribution is 0.235. The highest BCUT2D eigenvalue weighted by atomic mass is 16.3. The molecule has 1 nitrogen and oxygen atoms in total. The van der Waals surface area contributed by atoms with E-state index in [0.29, 0.717) is 0 Å². The Morgan fingerprint density at radius 3 is 2.22 bits per heavy atom. The average Bonchev–Trinajstić information content (AvgIpc) is 1.82. The third-order valence-electron chi connectivity index (χ3n) is 1.03. The van der Waals surface area contributed by atoms with Gasteiger partial charge in [0, 0.05) is 0 Å². The van der Waals surface area contributed by atoms with Crippen molar-refractivity contribution in [2.24, 2.45) is 0 Å². The number of hydrogen-bond donors (Lipinski definition) is 1. The van der Waals surface area contributed by atoms with Crippen molar-refractivity contribution in [3.8, 4) is 0 Å². The second kappa shape index (κ2) is 4.10. The Morgan fingerprint density at radius 2 is 2.11 bits per heavy atom. The van der Waals surface area contributed by atoms with Crippen LogP contribution in [0.4, 0.5) is 0 Å². The minimum atomic E-state index is -0.444. The van der Waals surface area contributed by atoms with Gasteiger partial charge in [0.2, 0.25) is 0 Å². The molecule has 0 aromatic rings. The van der Waals surface area contributed by atoms with Gasteiger partial charge in [0.25, 0.3) is 0 Å². The van der Waals surface area contributed by atoms with Crippen molar-refractivity contribution in [1.82, 2.24) is 0 Å². The number of allylic oxidation sites excluding steroid dienone is 2.